The van der Waals surface area contributed by atoms with Crippen LogP contribution in [0.25, 0.3) is 5.78 Å². The van der Waals surface area contributed by atoms with Crippen molar-refractivity contribution in [2.75, 3.05) is 6.54 Å². The Hall–Kier alpha value is -1.36. The number of hydrogen-bond donors (Lipinski definition) is 2. The van der Waals surface area contributed by atoms with Crippen LogP contribution in [0.5, 0.6) is 0 Å². The molecule has 1 fully saturated rings. The molecule has 0 aliphatic heterocycles. The number of aromatic amines is 1. The Bertz CT molecular complexity index is 533. The molecule has 0 bridgehead atoms. The van der Waals surface area contributed by atoms with Gasteiger partial charge in [-0.2, -0.15) is 4.98 Å². The lowest BCUT2D eigenvalue weighted by Gasteiger charge is -2.18. The Morgan fingerprint density at radius 1 is 1.28 bits per heavy atom. The Labute approximate surface area is 107 Å². The van der Waals surface area contributed by atoms with Crippen LogP contribution in [0.3, 0.4) is 0 Å². The lowest BCUT2D eigenvalue weighted by molar-refractivity contribution is 0.428. The molecule has 0 atom stereocenters. The molecule has 0 spiro atoms. The number of imidazole rings is 1. The second-order valence-corrected chi connectivity index (χ2v) is 5.26. The van der Waals surface area contributed by atoms with Crippen molar-refractivity contribution in [2.45, 2.75) is 51.4 Å². The van der Waals surface area contributed by atoms with Crippen LogP contribution in [0, 0.1) is 6.92 Å². The van der Waals surface area contributed by atoms with Gasteiger partial charge in [-0.15, -0.1) is 0 Å². The molecule has 0 amide bonds. The number of rotatable bonds is 3. The SMILES string of the molecule is Cc1nc2nc(C3CCCCC3)[nH]n2c1CCN. The van der Waals surface area contributed by atoms with Gasteiger partial charge >= 0.3 is 0 Å². The van der Waals surface area contributed by atoms with E-state index >= 15 is 0 Å². The Morgan fingerprint density at radius 2 is 2.06 bits per heavy atom. The first-order chi connectivity index (χ1) is 8.79. The van der Waals surface area contributed by atoms with Gasteiger partial charge in [-0.3, -0.25) is 5.10 Å². The van der Waals surface area contributed by atoms with Gasteiger partial charge in [0.25, 0.3) is 5.78 Å². The van der Waals surface area contributed by atoms with E-state index in [4.69, 9.17) is 5.73 Å². The zero-order chi connectivity index (χ0) is 12.5. The average molecular weight is 247 g/mol. The van der Waals surface area contributed by atoms with Crippen molar-refractivity contribution in [3.05, 3.63) is 17.2 Å². The van der Waals surface area contributed by atoms with Crippen molar-refractivity contribution in [1.29, 1.82) is 0 Å². The second kappa shape index (κ2) is 4.72. The smallest absolute Gasteiger partial charge is 0.251 e. The van der Waals surface area contributed by atoms with E-state index < -0.39 is 0 Å². The van der Waals surface area contributed by atoms with Crippen molar-refractivity contribution >= 4 is 5.78 Å². The van der Waals surface area contributed by atoms with E-state index in [2.05, 4.69) is 15.1 Å². The minimum Gasteiger partial charge on any atom is -0.330 e. The first-order valence-electron chi connectivity index (χ1n) is 6.93. The highest BCUT2D eigenvalue weighted by atomic mass is 15.3. The summed E-state index contributed by atoms with van der Waals surface area (Å²) < 4.78 is 2.02. The molecule has 5 nitrogen and oxygen atoms in total. The van der Waals surface area contributed by atoms with Gasteiger partial charge in [0, 0.05) is 12.3 Å². The lowest BCUT2D eigenvalue weighted by Crippen LogP contribution is -2.09. The fourth-order valence-electron chi connectivity index (χ4n) is 2.97. The summed E-state index contributed by atoms with van der Waals surface area (Å²) in [4.78, 5) is 9.17. The molecule has 98 valence electrons. The normalized spacial score (nSPS) is 17.7. The second-order valence-electron chi connectivity index (χ2n) is 5.26. The van der Waals surface area contributed by atoms with Crippen LogP contribution in [0.4, 0.5) is 0 Å². The van der Waals surface area contributed by atoms with E-state index in [1.807, 2.05) is 11.4 Å². The Morgan fingerprint density at radius 3 is 2.78 bits per heavy atom. The van der Waals surface area contributed by atoms with E-state index in [0.717, 1.165) is 23.7 Å². The lowest BCUT2D eigenvalue weighted by atomic mass is 9.89. The Kier molecular flexibility index (Phi) is 3.07. The molecule has 1 aliphatic carbocycles. The van der Waals surface area contributed by atoms with Crippen LogP contribution in [0.15, 0.2) is 0 Å². The highest BCUT2D eigenvalue weighted by Gasteiger charge is 2.20. The number of hydrogen-bond acceptors (Lipinski definition) is 3. The minimum absolute atomic E-state index is 0.589. The summed E-state index contributed by atoms with van der Waals surface area (Å²) in [5.74, 6) is 2.50. The molecular formula is C13H21N5. The average Bonchev–Trinajstić information content (AvgIpc) is 2.91. The molecule has 2 aromatic rings. The van der Waals surface area contributed by atoms with Crippen LogP contribution >= 0.6 is 0 Å². The predicted octanol–water partition coefficient (Wildman–Crippen LogP) is 1.91. The summed E-state index contributed by atoms with van der Waals surface area (Å²) in [6, 6.07) is 0. The first kappa shape index (κ1) is 11.7. The molecule has 18 heavy (non-hydrogen) atoms. The third-order valence-corrected chi connectivity index (χ3v) is 3.98. The third kappa shape index (κ3) is 1.92. The van der Waals surface area contributed by atoms with Crippen LogP contribution in [0.1, 0.15) is 55.2 Å². The molecule has 1 aliphatic rings. The zero-order valence-corrected chi connectivity index (χ0v) is 10.9. The summed E-state index contributed by atoms with van der Waals surface area (Å²) in [5, 5.41) is 3.43. The van der Waals surface area contributed by atoms with Gasteiger partial charge in [-0.05, 0) is 26.3 Å². The largest absolute Gasteiger partial charge is 0.330 e. The highest BCUT2D eigenvalue weighted by molar-refractivity contribution is 5.35. The van der Waals surface area contributed by atoms with Crippen molar-refractivity contribution in [1.82, 2.24) is 19.6 Å². The molecule has 5 heteroatoms. The molecule has 0 radical (unpaired) electrons. The van der Waals surface area contributed by atoms with Crippen LogP contribution in [0.2, 0.25) is 0 Å². The van der Waals surface area contributed by atoms with Gasteiger partial charge in [0.05, 0.1) is 11.4 Å². The summed E-state index contributed by atoms with van der Waals surface area (Å²) in [6.45, 7) is 2.67. The zero-order valence-electron chi connectivity index (χ0n) is 10.9. The summed E-state index contributed by atoms with van der Waals surface area (Å²) >= 11 is 0. The summed E-state index contributed by atoms with van der Waals surface area (Å²) in [7, 11) is 0. The summed E-state index contributed by atoms with van der Waals surface area (Å²) in [5.41, 5.74) is 7.86. The van der Waals surface area contributed by atoms with E-state index in [0.29, 0.717) is 12.5 Å². The van der Waals surface area contributed by atoms with Gasteiger partial charge in [0.2, 0.25) is 0 Å². The monoisotopic (exact) mass is 247 g/mol. The summed E-state index contributed by atoms with van der Waals surface area (Å²) in [6.07, 6.45) is 7.36. The molecule has 3 N–H and O–H groups in total. The fourth-order valence-corrected chi connectivity index (χ4v) is 2.97. The molecular weight excluding hydrogens is 226 g/mol. The van der Waals surface area contributed by atoms with Crippen molar-refractivity contribution in [3.63, 3.8) is 0 Å². The van der Waals surface area contributed by atoms with Gasteiger partial charge in [0.1, 0.15) is 5.82 Å². The van der Waals surface area contributed by atoms with Gasteiger partial charge < -0.3 is 5.73 Å². The van der Waals surface area contributed by atoms with Crippen molar-refractivity contribution in [3.8, 4) is 0 Å². The molecule has 1 saturated carbocycles. The Balaban J connectivity index is 1.95. The van der Waals surface area contributed by atoms with Gasteiger partial charge in [0.15, 0.2) is 0 Å². The molecule has 0 saturated heterocycles. The maximum Gasteiger partial charge on any atom is 0.251 e. The molecule has 2 heterocycles. The molecule has 3 rings (SSSR count). The third-order valence-electron chi connectivity index (χ3n) is 3.98. The van der Waals surface area contributed by atoms with Crippen LogP contribution in [-0.2, 0) is 6.42 Å². The molecule has 0 unspecified atom stereocenters. The van der Waals surface area contributed by atoms with Gasteiger partial charge in [-0.25, -0.2) is 9.50 Å². The minimum atomic E-state index is 0.589. The maximum atomic E-state index is 5.65. The molecule has 2 aromatic heterocycles. The standard InChI is InChI=1S/C13H21N5/c1-9-11(7-8-14)18-13(15-9)16-12(17-18)10-5-3-2-4-6-10/h10H,2-8,14H2,1H3,(H,15,16,17). The van der Waals surface area contributed by atoms with Crippen molar-refractivity contribution < 1.29 is 0 Å². The maximum absolute atomic E-state index is 5.65. The topological polar surface area (TPSA) is 72.0 Å². The predicted molar refractivity (Wildman–Crippen MR) is 70.7 cm³/mol. The van der Waals surface area contributed by atoms with E-state index in [9.17, 15) is 0 Å². The first-order valence-corrected chi connectivity index (χ1v) is 6.93. The quantitative estimate of drug-likeness (QED) is 0.870. The number of fused-ring (bicyclic) bond motifs is 1. The number of aromatic nitrogens is 4. The van der Waals surface area contributed by atoms with Crippen LogP contribution < -0.4 is 5.73 Å². The van der Waals surface area contributed by atoms with Crippen LogP contribution in [-0.4, -0.2) is 26.1 Å². The highest BCUT2D eigenvalue weighted by Crippen LogP contribution is 2.31. The van der Waals surface area contributed by atoms with E-state index in [-0.39, 0.29) is 0 Å². The van der Waals surface area contributed by atoms with E-state index in [1.54, 1.807) is 0 Å². The number of H-pyrrole nitrogens is 1. The van der Waals surface area contributed by atoms with Crippen molar-refractivity contribution in [2.24, 2.45) is 5.73 Å². The number of nitrogens with zero attached hydrogens (tertiary/aromatic N) is 3. The molecule has 0 aromatic carbocycles. The number of aryl methyl sites for hydroxylation is 1. The number of nitrogens with two attached hydrogens (primary N) is 1. The van der Waals surface area contributed by atoms with Gasteiger partial charge in [-0.1, -0.05) is 19.3 Å². The number of nitrogens with one attached hydrogen (secondary N) is 1. The van der Waals surface area contributed by atoms with E-state index in [1.165, 1.54) is 37.8 Å². The fraction of sp³-hybridized carbons (Fsp3) is 0.692.